The van der Waals surface area contributed by atoms with Crippen LogP contribution in [0.5, 0.6) is 0 Å². The predicted octanol–water partition coefficient (Wildman–Crippen LogP) is 3.21. The third kappa shape index (κ3) is 3.78. The molecule has 0 aromatic carbocycles. The summed E-state index contributed by atoms with van der Waals surface area (Å²) in [4.78, 5) is 0. The predicted molar refractivity (Wildman–Crippen MR) is 84.3 cm³/mol. The summed E-state index contributed by atoms with van der Waals surface area (Å²) in [6.45, 7) is 1.12. The van der Waals surface area contributed by atoms with Gasteiger partial charge in [0.2, 0.25) is 0 Å². The summed E-state index contributed by atoms with van der Waals surface area (Å²) in [7, 11) is 2.04. The number of aryl methyl sites for hydroxylation is 2. The zero-order valence-corrected chi connectivity index (χ0v) is 12.8. The zero-order valence-electron chi connectivity index (χ0n) is 12.8. The minimum absolute atomic E-state index is 0.829. The zero-order chi connectivity index (χ0) is 14.5. The van der Waals surface area contributed by atoms with E-state index in [4.69, 9.17) is 0 Å². The molecule has 0 fully saturated rings. The van der Waals surface area contributed by atoms with Crippen LogP contribution in [0.25, 0.3) is 11.1 Å². The van der Waals surface area contributed by atoms with Crippen LogP contribution >= 0.6 is 0 Å². The second-order valence-corrected chi connectivity index (χ2v) is 5.98. The van der Waals surface area contributed by atoms with Gasteiger partial charge in [-0.05, 0) is 36.3 Å². The molecule has 2 heterocycles. The van der Waals surface area contributed by atoms with Crippen LogP contribution in [0.3, 0.4) is 0 Å². The quantitative estimate of drug-likeness (QED) is 0.587. The van der Waals surface area contributed by atoms with Crippen LogP contribution in [0.4, 0.5) is 0 Å². The maximum Gasteiger partial charge on any atom is 0.169 e. The van der Waals surface area contributed by atoms with Crippen LogP contribution in [0.2, 0.25) is 0 Å². The fraction of sp³-hybridized carbons (Fsp3) is 0.368. The lowest BCUT2D eigenvalue weighted by atomic mass is 10.0. The van der Waals surface area contributed by atoms with Crippen LogP contribution in [0.1, 0.15) is 25.7 Å². The highest BCUT2D eigenvalue weighted by atomic mass is 14.9. The summed E-state index contributed by atoms with van der Waals surface area (Å²) >= 11 is 0. The largest absolute Gasteiger partial charge is 0.208 e. The fourth-order valence-corrected chi connectivity index (χ4v) is 2.96. The topological polar surface area (TPSA) is 7.76 Å². The minimum atomic E-state index is 0.829. The number of nitrogens with zero attached hydrogens (tertiary/aromatic N) is 2. The van der Waals surface area contributed by atoms with E-state index < -0.39 is 0 Å². The molecule has 2 nitrogen and oxygen atoms in total. The monoisotopic (exact) mass is 280 g/mol. The molecule has 2 aromatic rings. The van der Waals surface area contributed by atoms with Gasteiger partial charge in [-0.3, -0.25) is 0 Å². The molecule has 1 aliphatic rings. The summed E-state index contributed by atoms with van der Waals surface area (Å²) in [6.07, 6.45) is 18.5. The number of aromatic nitrogens is 2. The molecule has 0 amide bonds. The van der Waals surface area contributed by atoms with Crippen LogP contribution in [0.15, 0.2) is 61.2 Å². The molecule has 2 aromatic heterocycles. The second kappa shape index (κ2) is 6.66. The molecule has 1 aliphatic carbocycles. The lowest BCUT2D eigenvalue weighted by molar-refractivity contribution is -0.697. The van der Waals surface area contributed by atoms with Crippen molar-refractivity contribution in [3.8, 4) is 11.1 Å². The third-order valence-electron chi connectivity index (χ3n) is 4.31. The maximum atomic E-state index is 2.39. The molecule has 2 heteroatoms. The van der Waals surface area contributed by atoms with Gasteiger partial charge in [0, 0.05) is 30.7 Å². The number of pyridine rings is 2. The van der Waals surface area contributed by atoms with Crippen molar-refractivity contribution in [1.82, 2.24) is 0 Å². The first kappa shape index (κ1) is 14.0. The van der Waals surface area contributed by atoms with Crippen molar-refractivity contribution in [3.05, 3.63) is 61.2 Å². The summed E-state index contributed by atoms with van der Waals surface area (Å²) in [5, 5.41) is 0. The van der Waals surface area contributed by atoms with Crippen molar-refractivity contribution in [1.29, 1.82) is 0 Å². The van der Waals surface area contributed by atoms with Gasteiger partial charge in [-0.15, -0.1) is 0 Å². The van der Waals surface area contributed by atoms with E-state index in [1.165, 1.54) is 36.8 Å². The van der Waals surface area contributed by atoms with E-state index in [-0.39, 0.29) is 0 Å². The van der Waals surface area contributed by atoms with Gasteiger partial charge in [0.25, 0.3) is 0 Å². The molecule has 0 saturated heterocycles. The second-order valence-electron chi connectivity index (χ2n) is 5.98. The molecule has 108 valence electrons. The summed E-state index contributed by atoms with van der Waals surface area (Å²) in [6, 6.07) is 8.74. The molecule has 0 bridgehead atoms. The van der Waals surface area contributed by atoms with Gasteiger partial charge in [-0.1, -0.05) is 12.2 Å². The molecular formula is C19H24N2+2. The number of hydrogen-bond donors (Lipinski definition) is 0. The highest BCUT2D eigenvalue weighted by Gasteiger charge is 2.10. The van der Waals surface area contributed by atoms with Crippen LogP contribution in [-0.4, -0.2) is 0 Å². The van der Waals surface area contributed by atoms with Gasteiger partial charge >= 0.3 is 0 Å². The molecule has 0 unspecified atom stereocenters. The van der Waals surface area contributed by atoms with Crippen molar-refractivity contribution in [2.45, 2.75) is 32.2 Å². The lowest BCUT2D eigenvalue weighted by Gasteiger charge is -2.05. The van der Waals surface area contributed by atoms with Crippen molar-refractivity contribution in [2.75, 3.05) is 0 Å². The highest BCUT2D eigenvalue weighted by Crippen LogP contribution is 2.21. The SMILES string of the molecule is C[n+]1ccc(-c2cc[n+](CCC[C@@H]3C=CCC3)cc2)cc1. The molecule has 0 radical (unpaired) electrons. The standard InChI is InChI=1S/C19H24N2/c1-20-13-8-18(9-14-20)19-10-15-21(16-11-19)12-4-7-17-5-2-3-6-17/h2,5,8-11,13-17H,3-4,6-7,12H2,1H3/q+2/t17-/m1/s1. The molecule has 0 spiro atoms. The van der Waals surface area contributed by atoms with Crippen molar-refractivity contribution >= 4 is 0 Å². The summed E-state index contributed by atoms with van der Waals surface area (Å²) in [5.41, 5.74) is 2.56. The number of rotatable bonds is 5. The van der Waals surface area contributed by atoms with E-state index in [1.54, 1.807) is 0 Å². The Kier molecular flexibility index (Phi) is 4.44. The number of allylic oxidation sites excluding steroid dienone is 2. The Hall–Kier alpha value is -1.96. The molecular weight excluding hydrogens is 256 g/mol. The summed E-state index contributed by atoms with van der Waals surface area (Å²) < 4.78 is 4.36. The van der Waals surface area contributed by atoms with E-state index >= 15 is 0 Å². The van der Waals surface area contributed by atoms with E-state index in [1.807, 2.05) is 7.05 Å². The smallest absolute Gasteiger partial charge is 0.169 e. The Morgan fingerprint density at radius 3 is 2.29 bits per heavy atom. The lowest BCUT2D eigenvalue weighted by Crippen LogP contribution is -2.32. The normalized spacial score (nSPS) is 17.3. The Morgan fingerprint density at radius 1 is 1.00 bits per heavy atom. The minimum Gasteiger partial charge on any atom is -0.208 e. The Bertz CT molecular complexity index is 596. The number of hydrogen-bond acceptors (Lipinski definition) is 0. The van der Waals surface area contributed by atoms with Crippen LogP contribution in [0, 0.1) is 5.92 Å². The van der Waals surface area contributed by atoms with Gasteiger partial charge in [0.15, 0.2) is 24.8 Å². The maximum absolute atomic E-state index is 2.39. The van der Waals surface area contributed by atoms with Crippen LogP contribution < -0.4 is 9.13 Å². The Labute approximate surface area is 127 Å². The molecule has 21 heavy (non-hydrogen) atoms. The first-order valence-electron chi connectivity index (χ1n) is 7.93. The highest BCUT2D eigenvalue weighted by molar-refractivity contribution is 5.60. The van der Waals surface area contributed by atoms with E-state index in [0.29, 0.717) is 0 Å². The fourth-order valence-electron chi connectivity index (χ4n) is 2.96. The van der Waals surface area contributed by atoms with Crippen molar-refractivity contribution in [2.24, 2.45) is 13.0 Å². The first-order chi connectivity index (χ1) is 10.3. The average molecular weight is 280 g/mol. The van der Waals surface area contributed by atoms with Gasteiger partial charge in [0.1, 0.15) is 13.6 Å². The molecule has 0 saturated carbocycles. The van der Waals surface area contributed by atoms with Gasteiger partial charge < -0.3 is 0 Å². The Morgan fingerprint density at radius 2 is 1.67 bits per heavy atom. The van der Waals surface area contributed by atoms with E-state index in [2.05, 4.69) is 70.3 Å². The first-order valence-corrected chi connectivity index (χ1v) is 7.93. The average Bonchev–Trinajstić information content (AvgIpc) is 3.02. The van der Waals surface area contributed by atoms with Gasteiger partial charge in [0.05, 0.1) is 0 Å². The molecule has 0 aliphatic heterocycles. The van der Waals surface area contributed by atoms with Gasteiger partial charge in [-0.25, -0.2) is 9.13 Å². The third-order valence-corrected chi connectivity index (χ3v) is 4.31. The molecule has 0 N–H and O–H groups in total. The van der Waals surface area contributed by atoms with Crippen molar-refractivity contribution < 1.29 is 9.13 Å². The van der Waals surface area contributed by atoms with E-state index in [0.717, 1.165) is 12.5 Å². The van der Waals surface area contributed by atoms with E-state index in [9.17, 15) is 0 Å². The summed E-state index contributed by atoms with van der Waals surface area (Å²) in [5.74, 6) is 0.829. The Balaban J connectivity index is 1.56. The van der Waals surface area contributed by atoms with Crippen molar-refractivity contribution in [3.63, 3.8) is 0 Å². The molecule has 1 atom stereocenters. The van der Waals surface area contributed by atoms with Gasteiger partial charge in [-0.2, -0.15) is 0 Å². The molecule has 3 rings (SSSR count). The van der Waals surface area contributed by atoms with Crippen LogP contribution in [-0.2, 0) is 13.6 Å².